The summed E-state index contributed by atoms with van der Waals surface area (Å²) in [5.41, 5.74) is 0.285. The van der Waals surface area contributed by atoms with Crippen LogP contribution in [0.2, 0.25) is 0 Å². The number of hydrogen-bond acceptors (Lipinski definition) is 6. The molecular formula is C21H25FN2O5S2. The van der Waals surface area contributed by atoms with Gasteiger partial charge in [0.2, 0.25) is 15.9 Å². The number of thioether (sulfide) groups is 1. The molecule has 1 aliphatic rings. The highest BCUT2D eigenvalue weighted by Crippen LogP contribution is 2.31. The number of nitrogens with one attached hydrogen (secondary N) is 1. The van der Waals surface area contributed by atoms with Gasteiger partial charge in [0.25, 0.3) is 0 Å². The second-order valence-corrected chi connectivity index (χ2v) is 10.1. The molecule has 0 aromatic heterocycles. The molecular weight excluding hydrogens is 443 g/mol. The zero-order valence-corrected chi connectivity index (χ0v) is 19.0. The molecule has 1 fully saturated rings. The van der Waals surface area contributed by atoms with Crippen molar-refractivity contribution >= 4 is 33.4 Å². The van der Waals surface area contributed by atoms with E-state index < -0.39 is 10.0 Å². The van der Waals surface area contributed by atoms with Gasteiger partial charge in [-0.15, -0.1) is 11.8 Å². The van der Waals surface area contributed by atoms with Crippen LogP contribution in [0.1, 0.15) is 13.8 Å². The lowest BCUT2D eigenvalue weighted by Gasteiger charge is -2.26. The smallest absolute Gasteiger partial charge is 0.243 e. The summed E-state index contributed by atoms with van der Waals surface area (Å²) in [7, 11) is -3.72. The van der Waals surface area contributed by atoms with Gasteiger partial charge in [0.15, 0.2) is 0 Å². The van der Waals surface area contributed by atoms with Gasteiger partial charge in [-0.1, -0.05) is 0 Å². The van der Waals surface area contributed by atoms with Crippen molar-refractivity contribution in [2.45, 2.75) is 29.7 Å². The molecule has 0 radical (unpaired) electrons. The van der Waals surface area contributed by atoms with Crippen molar-refractivity contribution in [1.82, 2.24) is 4.31 Å². The number of amides is 1. The van der Waals surface area contributed by atoms with E-state index >= 15 is 0 Å². The highest BCUT2D eigenvalue weighted by molar-refractivity contribution is 8.00. The molecule has 1 heterocycles. The number of nitrogens with zero attached hydrogens (tertiary/aromatic N) is 1. The Morgan fingerprint density at radius 3 is 2.52 bits per heavy atom. The molecule has 7 nitrogen and oxygen atoms in total. The molecule has 1 amide bonds. The maximum Gasteiger partial charge on any atom is 0.243 e. The number of carbonyl (C=O) groups excluding carboxylic acids is 1. The predicted octanol–water partition coefficient (Wildman–Crippen LogP) is 3.36. The number of benzene rings is 2. The van der Waals surface area contributed by atoms with Crippen molar-refractivity contribution in [3.8, 4) is 5.75 Å². The number of anilines is 1. The summed E-state index contributed by atoms with van der Waals surface area (Å²) in [5, 5.41) is 2.75. The van der Waals surface area contributed by atoms with Crippen molar-refractivity contribution in [1.29, 1.82) is 0 Å². The average molecular weight is 469 g/mol. The minimum Gasteiger partial charge on any atom is -0.489 e. The first-order valence-corrected chi connectivity index (χ1v) is 12.2. The number of carbonyl (C=O) groups is 1. The number of ether oxygens (including phenoxy) is 2. The molecule has 1 N–H and O–H groups in total. The Morgan fingerprint density at radius 1 is 1.19 bits per heavy atom. The van der Waals surface area contributed by atoms with E-state index in [1.54, 1.807) is 18.2 Å². The lowest BCUT2D eigenvalue weighted by molar-refractivity contribution is -0.113. The van der Waals surface area contributed by atoms with E-state index in [4.69, 9.17) is 9.47 Å². The predicted molar refractivity (Wildman–Crippen MR) is 118 cm³/mol. The van der Waals surface area contributed by atoms with Crippen molar-refractivity contribution in [2.75, 3.05) is 37.4 Å². The van der Waals surface area contributed by atoms with Crippen LogP contribution in [0.15, 0.2) is 52.3 Å². The van der Waals surface area contributed by atoms with Gasteiger partial charge in [0.1, 0.15) is 11.6 Å². The summed E-state index contributed by atoms with van der Waals surface area (Å²) in [6, 6.07) is 10.3. The molecule has 1 aliphatic heterocycles. The highest BCUT2D eigenvalue weighted by Gasteiger charge is 2.27. The van der Waals surface area contributed by atoms with Crippen molar-refractivity contribution in [3.05, 3.63) is 48.3 Å². The van der Waals surface area contributed by atoms with E-state index in [1.807, 2.05) is 13.8 Å². The van der Waals surface area contributed by atoms with Gasteiger partial charge in [-0.05, 0) is 56.3 Å². The highest BCUT2D eigenvalue weighted by atomic mass is 32.2. The van der Waals surface area contributed by atoms with Gasteiger partial charge in [-0.3, -0.25) is 4.79 Å². The first kappa shape index (κ1) is 23.5. The van der Waals surface area contributed by atoms with E-state index in [2.05, 4.69) is 5.32 Å². The van der Waals surface area contributed by atoms with Crippen LogP contribution in [0.3, 0.4) is 0 Å². The first-order chi connectivity index (χ1) is 14.8. The zero-order valence-electron chi connectivity index (χ0n) is 17.3. The van der Waals surface area contributed by atoms with Crippen LogP contribution in [-0.2, 0) is 19.6 Å². The molecule has 2 aromatic rings. The summed E-state index contributed by atoms with van der Waals surface area (Å²) in [6.07, 6.45) is -0.161. The third-order valence-corrected chi connectivity index (χ3v) is 7.29. The van der Waals surface area contributed by atoms with Crippen LogP contribution in [0, 0.1) is 5.82 Å². The number of hydrogen-bond donors (Lipinski definition) is 1. The molecule has 0 aliphatic carbocycles. The fourth-order valence-electron chi connectivity index (χ4n) is 2.93. The van der Waals surface area contributed by atoms with Crippen LogP contribution in [0.25, 0.3) is 0 Å². The van der Waals surface area contributed by atoms with Gasteiger partial charge < -0.3 is 14.8 Å². The molecule has 3 rings (SSSR count). The monoisotopic (exact) mass is 468 g/mol. The number of halogens is 1. The van der Waals surface area contributed by atoms with Crippen LogP contribution < -0.4 is 10.1 Å². The molecule has 2 aromatic carbocycles. The molecule has 1 saturated heterocycles. The standard InChI is InChI=1S/C21H25FN2O5S2/c1-15(2)29-20-8-7-18(31(26,27)24-9-11-28-12-10-24)13-19(20)23-21(25)14-30-17-5-3-16(22)4-6-17/h3-8,13,15H,9-12,14H2,1-2H3,(H,23,25). The minimum absolute atomic E-state index is 0.0759. The number of rotatable bonds is 8. The maximum absolute atomic E-state index is 13.0. The van der Waals surface area contributed by atoms with E-state index in [9.17, 15) is 17.6 Å². The SMILES string of the molecule is CC(C)Oc1ccc(S(=O)(=O)N2CCOCC2)cc1NC(=O)CSc1ccc(F)cc1. The van der Waals surface area contributed by atoms with Gasteiger partial charge in [-0.25, -0.2) is 12.8 Å². The lowest BCUT2D eigenvalue weighted by Crippen LogP contribution is -2.40. The molecule has 0 atom stereocenters. The van der Waals surface area contributed by atoms with E-state index in [0.29, 0.717) is 19.0 Å². The zero-order chi connectivity index (χ0) is 22.4. The van der Waals surface area contributed by atoms with Crippen LogP contribution >= 0.6 is 11.8 Å². The van der Waals surface area contributed by atoms with Crippen LogP contribution in [0.5, 0.6) is 5.75 Å². The summed E-state index contributed by atoms with van der Waals surface area (Å²) < 4.78 is 51.3. The van der Waals surface area contributed by atoms with E-state index in [0.717, 1.165) is 4.90 Å². The summed E-state index contributed by atoms with van der Waals surface area (Å²) >= 11 is 1.25. The minimum atomic E-state index is -3.72. The number of morpholine rings is 1. The average Bonchev–Trinajstić information content (AvgIpc) is 2.75. The number of sulfonamides is 1. The van der Waals surface area contributed by atoms with Crippen molar-refractivity contribution in [3.63, 3.8) is 0 Å². The molecule has 0 spiro atoms. The quantitative estimate of drug-likeness (QED) is 0.598. The molecule has 0 saturated carbocycles. The second kappa shape index (κ2) is 10.4. The summed E-state index contributed by atoms with van der Waals surface area (Å²) in [4.78, 5) is 13.3. The van der Waals surface area contributed by atoms with Crippen molar-refractivity contribution < 1.29 is 27.1 Å². The second-order valence-electron chi connectivity index (χ2n) is 7.13. The normalized spacial score (nSPS) is 15.1. The first-order valence-electron chi connectivity index (χ1n) is 9.82. The largest absolute Gasteiger partial charge is 0.489 e. The lowest BCUT2D eigenvalue weighted by atomic mass is 10.3. The molecule has 0 bridgehead atoms. The van der Waals surface area contributed by atoms with Gasteiger partial charge >= 0.3 is 0 Å². The van der Waals surface area contributed by atoms with Crippen LogP contribution in [-0.4, -0.2) is 56.8 Å². The Kier molecular flexibility index (Phi) is 7.93. The third-order valence-electron chi connectivity index (χ3n) is 4.38. The molecule has 10 heteroatoms. The van der Waals surface area contributed by atoms with Crippen molar-refractivity contribution in [2.24, 2.45) is 0 Å². The summed E-state index contributed by atoms with van der Waals surface area (Å²) in [6.45, 7) is 4.93. The Bertz CT molecular complexity index is 1010. The Balaban J connectivity index is 1.78. The third kappa shape index (κ3) is 6.42. The Morgan fingerprint density at radius 2 is 1.87 bits per heavy atom. The van der Waals surface area contributed by atoms with Gasteiger partial charge in [0, 0.05) is 18.0 Å². The topological polar surface area (TPSA) is 84.9 Å². The fourth-order valence-corrected chi connectivity index (χ4v) is 5.06. The molecule has 31 heavy (non-hydrogen) atoms. The Labute approximate surface area is 186 Å². The molecule has 0 unspecified atom stereocenters. The van der Waals surface area contributed by atoms with E-state index in [1.165, 1.54) is 40.3 Å². The maximum atomic E-state index is 13.0. The fraction of sp³-hybridized carbons (Fsp3) is 0.381. The Hall–Kier alpha value is -2.14. The molecule has 168 valence electrons. The van der Waals surface area contributed by atoms with Gasteiger partial charge in [-0.2, -0.15) is 4.31 Å². The summed E-state index contributed by atoms with van der Waals surface area (Å²) in [5.74, 6) is -0.213. The van der Waals surface area contributed by atoms with Crippen LogP contribution in [0.4, 0.5) is 10.1 Å². The van der Waals surface area contributed by atoms with Gasteiger partial charge in [0.05, 0.1) is 35.7 Å². The van der Waals surface area contributed by atoms with E-state index in [-0.39, 0.29) is 47.3 Å².